The molecule has 40 heavy (non-hydrogen) atoms. The summed E-state index contributed by atoms with van der Waals surface area (Å²) in [4.78, 5) is 59.7. The Balaban J connectivity index is 1.36. The van der Waals surface area contributed by atoms with E-state index >= 15 is 0 Å². The summed E-state index contributed by atoms with van der Waals surface area (Å²) in [6.45, 7) is 2.60. The molecule has 0 aromatic carbocycles. The third kappa shape index (κ3) is 4.81. The van der Waals surface area contributed by atoms with Crippen molar-refractivity contribution in [3.8, 4) is 0 Å². The number of nitrogens with two attached hydrogens (primary N) is 1. The van der Waals surface area contributed by atoms with Gasteiger partial charge in [-0.2, -0.15) is 9.55 Å². The van der Waals surface area contributed by atoms with Gasteiger partial charge in [0.1, 0.15) is 17.1 Å². The number of pyridine rings is 1. The number of β-lactam (4-membered cyclic amide) rings is 1. The molecule has 1 unspecified atom stereocenters. The smallest absolute Gasteiger partial charge is 0.352 e. The number of oxime groups is 1. The summed E-state index contributed by atoms with van der Waals surface area (Å²) in [7, 11) is 0. The molecule has 0 saturated carbocycles. The molecule has 0 bridgehead atoms. The molecule has 2 aliphatic heterocycles. The molecule has 0 spiro atoms. The molecule has 0 aliphatic carbocycles. The number of aliphatic carboxylic acids is 2. The number of thioether (sulfide) groups is 1. The van der Waals surface area contributed by atoms with Crippen molar-refractivity contribution in [1.82, 2.24) is 20.4 Å². The van der Waals surface area contributed by atoms with Gasteiger partial charge in [-0.1, -0.05) is 10.3 Å². The summed E-state index contributed by atoms with van der Waals surface area (Å²) in [5, 5.41) is 29.0. The number of anilines is 1. The highest BCUT2D eigenvalue weighted by Gasteiger charge is 2.55. The Morgan fingerprint density at radius 1 is 1.35 bits per heavy atom. The number of furan rings is 1. The predicted octanol–water partition coefficient (Wildman–Crippen LogP) is -0.292. The average Bonchev–Trinajstić information content (AvgIpc) is 3.55. The lowest BCUT2D eigenvalue weighted by Crippen LogP contribution is -2.71. The van der Waals surface area contributed by atoms with Crippen LogP contribution in [0.2, 0.25) is 0 Å². The maximum atomic E-state index is 13.1. The van der Waals surface area contributed by atoms with Gasteiger partial charge < -0.3 is 35.0 Å². The van der Waals surface area contributed by atoms with Gasteiger partial charge in [0.15, 0.2) is 18.3 Å². The number of amides is 2. The number of nitrogens with one attached hydrogen (secondary N) is 1. The first-order chi connectivity index (χ1) is 19.0. The number of hydrogen-bond acceptors (Lipinski definition) is 12. The van der Waals surface area contributed by atoms with Crippen LogP contribution < -0.4 is 15.6 Å². The van der Waals surface area contributed by atoms with E-state index in [9.17, 15) is 29.4 Å². The monoisotopic (exact) mass is 572 g/mol. The number of carbonyl (C=O) groups is 4. The molecule has 2 aliphatic rings. The Morgan fingerprint density at radius 2 is 2.12 bits per heavy atom. The van der Waals surface area contributed by atoms with Crippen molar-refractivity contribution in [3.63, 3.8) is 0 Å². The summed E-state index contributed by atoms with van der Waals surface area (Å²) in [6.07, 6.45) is 5.06. The summed E-state index contributed by atoms with van der Waals surface area (Å²) in [6, 6.07) is 2.12. The molecule has 5 heterocycles. The SMILES string of the molecule is CC(C)(ON=C(C(=O)NC1C(=O)N2C(C(=O)O)=C(C[n+]3ccc4ccoc4c3)CS[C@H]12)c1noc(N)n1)C(=O)O. The van der Waals surface area contributed by atoms with Crippen LogP contribution in [0, 0.1) is 0 Å². The van der Waals surface area contributed by atoms with E-state index in [4.69, 9.17) is 15.0 Å². The van der Waals surface area contributed by atoms with Crippen LogP contribution in [-0.4, -0.2) is 77.5 Å². The van der Waals surface area contributed by atoms with Crippen molar-refractivity contribution in [2.45, 2.75) is 37.4 Å². The fraction of sp³-hybridized carbons (Fsp3) is 0.304. The third-order valence-electron chi connectivity index (χ3n) is 6.11. The number of nitrogen functional groups attached to an aromatic ring is 1. The molecule has 16 nitrogen and oxygen atoms in total. The summed E-state index contributed by atoms with van der Waals surface area (Å²) < 4.78 is 11.8. The van der Waals surface area contributed by atoms with Crippen LogP contribution in [0.15, 0.2) is 56.2 Å². The molecule has 3 aromatic rings. The van der Waals surface area contributed by atoms with E-state index in [2.05, 4.69) is 25.1 Å². The molecular formula is C23H22N7O9S+. The van der Waals surface area contributed by atoms with E-state index in [0.29, 0.717) is 11.2 Å². The van der Waals surface area contributed by atoms with Crippen molar-refractivity contribution in [2.24, 2.45) is 5.16 Å². The average molecular weight is 573 g/mol. The zero-order valence-corrected chi connectivity index (χ0v) is 21.7. The van der Waals surface area contributed by atoms with Crippen LogP contribution in [0.3, 0.4) is 0 Å². The first-order valence-corrected chi connectivity index (χ1v) is 12.7. The Hall–Kier alpha value is -4.93. The van der Waals surface area contributed by atoms with Gasteiger partial charge in [-0.25, -0.2) is 9.59 Å². The van der Waals surface area contributed by atoms with Gasteiger partial charge >= 0.3 is 18.0 Å². The molecule has 3 aromatic heterocycles. The highest BCUT2D eigenvalue weighted by molar-refractivity contribution is 8.00. The van der Waals surface area contributed by atoms with Gasteiger partial charge in [-0.3, -0.25) is 14.5 Å². The molecular weight excluding hydrogens is 550 g/mol. The largest absolute Gasteiger partial charge is 0.478 e. The van der Waals surface area contributed by atoms with Gasteiger partial charge in [0.25, 0.3) is 11.8 Å². The van der Waals surface area contributed by atoms with E-state index < -0.39 is 58.3 Å². The zero-order valence-electron chi connectivity index (χ0n) is 20.9. The van der Waals surface area contributed by atoms with E-state index in [1.165, 1.54) is 25.6 Å². The molecule has 5 N–H and O–H groups in total. The molecule has 1 saturated heterocycles. The molecule has 0 radical (unpaired) electrons. The minimum atomic E-state index is -1.82. The van der Waals surface area contributed by atoms with Crippen LogP contribution >= 0.6 is 11.8 Å². The topological polar surface area (TPSA) is 228 Å². The first kappa shape index (κ1) is 26.7. The number of fused-ring (bicyclic) bond motifs is 2. The molecule has 1 fully saturated rings. The summed E-state index contributed by atoms with van der Waals surface area (Å²) in [5.41, 5.74) is 3.97. The lowest BCUT2D eigenvalue weighted by Gasteiger charge is -2.49. The normalized spacial score (nSPS) is 19.3. The first-order valence-electron chi connectivity index (χ1n) is 11.6. The number of nitrogens with zero attached hydrogens (tertiary/aromatic N) is 5. The fourth-order valence-electron chi connectivity index (χ4n) is 3.99. The van der Waals surface area contributed by atoms with Gasteiger partial charge in [-0.15, -0.1) is 11.8 Å². The molecule has 208 valence electrons. The summed E-state index contributed by atoms with van der Waals surface area (Å²) >= 11 is 1.27. The molecule has 2 amide bonds. The number of rotatable bonds is 9. The zero-order chi connectivity index (χ0) is 28.8. The predicted molar refractivity (Wildman–Crippen MR) is 134 cm³/mol. The lowest BCUT2D eigenvalue weighted by molar-refractivity contribution is -0.688. The highest BCUT2D eigenvalue weighted by Crippen LogP contribution is 2.40. The Labute approximate surface area is 228 Å². The Bertz CT molecular complexity index is 1610. The summed E-state index contributed by atoms with van der Waals surface area (Å²) in [5.74, 6) is -4.44. The molecule has 2 atom stereocenters. The van der Waals surface area contributed by atoms with E-state index in [0.717, 1.165) is 10.3 Å². The van der Waals surface area contributed by atoms with Crippen LogP contribution in [0.25, 0.3) is 11.0 Å². The Morgan fingerprint density at radius 3 is 2.80 bits per heavy atom. The number of carboxylic acids is 2. The van der Waals surface area contributed by atoms with Crippen molar-refractivity contribution in [3.05, 3.63) is 47.9 Å². The number of hydrogen-bond donors (Lipinski definition) is 4. The standard InChI is InChI=1S/C23H21N7O9S/c1-23(2,21(35)36)39-27-13(16-26-22(24)38-28-16)17(31)25-14-18(32)30-15(20(33)34)11(9-40-19(14)30)7-29-5-3-10-4-6-37-12(10)8-29/h3-6,8,14,19H,7,9H2,1-2H3,(H4-,24,25,26,28,31,33,34,35,36)/p+1/t14?,19-/m1/s1. The third-order valence-corrected chi connectivity index (χ3v) is 7.45. The van der Waals surface area contributed by atoms with Crippen LogP contribution in [0.4, 0.5) is 6.01 Å². The lowest BCUT2D eigenvalue weighted by atomic mass is 10.0. The van der Waals surface area contributed by atoms with Gasteiger partial charge in [0, 0.05) is 22.8 Å². The molecule has 17 heteroatoms. The van der Waals surface area contributed by atoms with Gasteiger partial charge in [0.2, 0.25) is 23.3 Å². The number of aromatic nitrogens is 3. The fourth-order valence-corrected chi connectivity index (χ4v) is 5.33. The highest BCUT2D eigenvalue weighted by atomic mass is 32.2. The minimum Gasteiger partial charge on any atom is -0.478 e. The second-order valence-corrected chi connectivity index (χ2v) is 10.4. The minimum absolute atomic E-state index is 0.169. The van der Waals surface area contributed by atoms with Crippen molar-refractivity contribution in [1.29, 1.82) is 0 Å². The van der Waals surface area contributed by atoms with Crippen molar-refractivity contribution in [2.75, 3.05) is 11.5 Å². The maximum Gasteiger partial charge on any atom is 0.352 e. The van der Waals surface area contributed by atoms with Gasteiger partial charge in [0.05, 0.1) is 6.26 Å². The van der Waals surface area contributed by atoms with E-state index in [1.54, 1.807) is 29.3 Å². The Kier molecular flexibility index (Phi) is 6.66. The van der Waals surface area contributed by atoms with Gasteiger partial charge in [-0.05, 0) is 19.9 Å². The second-order valence-electron chi connectivity index (χ2n) is 9.28. The van der Waals surface area contributed by atoms with Crippen LogP contribution in [-0.2, 0) is 30.6 Å². The second kappa shape index (κ2) is 9.99. The van der Waals surface area contributed by atoms with Crippen LogP contribution in [0.5, 0.6) is 0 Å². The van der Waals surface area contributed by atoms with Crippen LogP contribution in [0.1, 0.15) is 19.7 Å². The quantitative estimate of drug-likeness (QED) is 0.112. The van der Waals surface area contributed by atoms with E-state index in [-0.39, 0.29) is 18.0 Å². The van der Waals surface area contributed by atoms with E-state index in [1.807, 2.05) is 6.07 Å². The molecule has 5 rings (SSSR count). The number of carbonyl (C=O) groups excluding carboxylic acids is 2. The van der Waals surface area contributed by atoms with Crippen molar-refractivity contribution < 1.29 is 47.7 Å². The van der Waals surface area contributed by atoms with Crippen molar-refractivity contribution >= 4 is 58.2 Å². The maximum absolute atomic E-state index is 13.1. The number of carboxylic acid groups (broad SMARTS) is 2.